The molecule has 2 aromatic rings. The largest absolute Gasteiger partial charge is 0.389 e. The summed E-state index contributed by atoms with van der Waals surface area (Å²) in [6.07, 6.45) is 1.28. The average molecular weight is 316 g/mol. The summed E-state index contributed by atoms with van der Waals surface area (Å²) in [5, 5.41) is 14.4. The van der Waals surface area contributed by atoms with Crippen LogP contribution in [0.25, 0.3) is 5.69 Å². The van der Waals surface area contributed by atoms with Crippen molar-refractivity contribution in [1.82, 2.24) is 9.78 Å². The molecule has 0 fully saturated rings. The highest BCUT2D eigenvalue weighted by atomic mass is 79.9. The lowest BCUT2D eigenvalue weighted by Gasteiger charge is -2.09. The van der Waals surface area contributed by atoms with Gasteiger partial charge in [0.1, 0.15) is 0 Å². The molecule has 1 atom stereocenters. The second kappa shape index (κ2) is 4.80. The standard InChI is InChI=1S/C12H12BrClN2O/c1-7-11(14)6-16(15-7)12-4-3-9(8(2)17)5-10(12)13/h3-6,8,17H,1-2H3/t8-/m0/s1. The van der Waals surface area contributed by atoms with Crippen molar-refractivity contribution in [1.29, 1.82) is 0 Å². The van der Waals surface area contributed by atoms with Gasteiger partial charge in [-0.1, -0.05) is 17.7 Å². The van der Waals surface area contributed by atoms with Crippen molar-refractivity contribution in [3.8, 4) is 5.69 Å². The van der Waals surface area contributed by atoms with Crippen LogP contribution in [0.1, 0.15) is 24.3 Å². The van der Waals surface area contributed by atoms with Crippen molar-refractivity contribution in [2.24, 2.45) is 0 Å². The molecule has 0 aliphatic carbocycles. The minimum Gasteiger partial charge on any atom is -0.389 e. The van der Waals surface area contributed by atoms with Gasteiger partial charge in [0.2, 0.25) is 0 Å². The van der Waals surface area contributed by atoms with Crippen LogP contribution in [0, 0.1) is 6.92 Å². The number of aliphatic hydroxyl groups is 1. The van der Waals surface area contributed by atoms with E-state index in [2.05, 4.69) is 21.0 Å². The van der Waals surface area contributed by atoms with Crippen molar-refractivity contribution in [2.75, 3.05) is 0 Å². The van der Waals surface area contributed by atoms with Crippen molar-refractivity contribution >= 4 is 27.5 Å². The van der Waals surface area contributed by atoms with Gasteiger partial charge in [0.05, 0.1) is 22.5 Å². The summed E-state index contributed by atoms with van der Waals surface area (Å²) in [7, 11) is 0. The number of nitrogens with zero attached hydrogens (tertiary/aromatic N) is 2. The van der Waals surface area contributed by atoms with Gasteiger partial charge >= 0.3 is 0 Å². The molecule has 17 heavy (non-hydrogen) atoms. The number of aryl methyl sites for hydroxylation is 1. The van der Waals surface area contributed by atoms with Gasteiger partial charge in [-0.25, -0.2) is 4.68 Å². The van der Waals surface area contributed by atoms with E-state index in [1.807, 2.05) is 25.1 Å². The molecule has 1 aromatic heterocycles. The Labute approximate surface area is 113 Å². The molecule has 5 heteroatoms. The van der Waals surface area contributed by atoms with Crippen molar-refractivity contribution < 1.29 is 5.11 Å². The fourth-order valence-electron chi connectivity index (χ4n) is 1.53. The van der Waals surface area contributed by atoms with Gasteiger partial charge in [-0.2, -0.15) is 5.10 Å². The lowest BCUT2D eigenvalue weighted by Crippen LogP contribution is -1.98. The Kier molecular flexibility index (Phi) is 3.56. The first-order valence-corrected chi connectivity index (χ1v) is 6.36. The van der Waals surface area contributed by atoms with E-state index in [0.29, 0.717) is 5.02 Å². The number of hydrogen-bond acceptors (Lipinski definition) is 2. The molecule has 0 aliphatic rings. The smallest absolute Gasteiger partial charge is 0.0819 e. The zero-order chi connectivity index (χ0) is 12.6. The molecule has 0 unspecified atom stereocenters. The van der Waals surface area contributed by atoms with Crippen molar-refractivity contribution in [3.05, 3.63) is 45.1 Å². The van der Waals surface area contributed by atoms with Gasteiger partial charge in [0.25, 0.3) is 0 Å². The minimum atomic E-state index is -0.483. The molecule has 90 valence electrons. The predicted octanol–water partition coefficient (Wildman–Crippen LogP) is 3.65. The fraction of sp³-hybridized carbons (Fsp3) is 0.250. The Morgan fingerprint density at radius 1 is 1.47 bits per heavy atom. The molecule has 0 amide bonds. The maximum absolute atomic E-state index is 9.49. The van der Waals surface area contributed by atoms with E-state index in [4.69, 9.17) is 11.6 Å². The molecule has 2 rings (SSSR count). The molecule has 0 aliphatic heterocycles. The number of aromatic nitrogens is 2. The Hall–Kier alpha value is -0.840. The normalized spacial score (nSPS) is 12.8. The van der Waals surface area contributed by atoms with Gasteiger partial charge in [-0.05, 0) is 47.5 Å². The summed E-state index contributed by atoms with van der Waals surface area (Å²) in [5.41, 5.74) is 2.54. The summed E-state index contributed by atoms with van der Waals surface area (Å²) in [6, 6.07) is 5.65. The highest BCUT2D eigenvalue weighted by Crippen LogP contribution is 2.26. The van der Waals surface area contributed by atoms with Crippen LogP contribution in [0.3, 0.4) is 0 Å². The van der Waals surface area contributed by atoms with E-state index >= 15 is 0 Å². The summed E-state index contributed by atoms with van der Waals surface area (Å²) < 4.78 is 2.59. The molecular weight excluding hydrogens is 304 g/mol. The first-order valence-electron chi connectivity index (χ1n) is 5.18. The molecule has 0 saturated heterocycles. The van der Waals surface area contributed by atoms with Crippen LogP contribution in [0.4, 0.5) is 0 Å². The van der Waals surface area contributed by atoms with E-state index in [1.165, 1.54) is 0 Å². The molecule has 0 saturated carbocycles. The molecular formula is C12H12BrClN2O. The second-order valence-electron chi connectivity index (χ2n) is 3.89. The zero-order valence-electron chi connectivity index (χ0n) is 9.48. The highest BCUT2D eigenvalue weighted by Gasteiger charge is 2.09. The van der Waals surface area contributed by atoms with Gasteiger partial charge in [0, 0.05) is 10.7 Å². The third kappa shape index (κ3) is 2.54. The quantitative estimate of drug-likeness (QED) is 0.918. The van der Waals surface area contributed by atoms with Crippen LogP contribution in [0.5, 0.6) is 0 Å². The highest BCUT2D eigenvalue weighted by molar-refractivity contribution is 9.10. The van der Waals surface area contributed by atoms with Gasteiger partial charge < -0.3 is 5.11 Å². The Bertz CT molecular complexity index is 532. The van der Waals surface area contributed by atoms with Gasteiger partial charge in [0.15, 0.2) is 0 Å². The van der Waals surface area contributed by atoms with E-state index in [9.17, 15) is 5.11 Å². The first kappa shape index (κ1) is 12.6. The zero-order valence-corrected chi connectivity index (χ0v) is 11.8. The van der Waals surface area contributed by atoms with Crippen LogP contribution in [0.2, 0.25) is 5.02 Å². The third-order valence-corrected chi connectivity index (χ3v) is 3.55. The number of hydrogen-bond donors (Lipinski definition) is 1. The lowest BCUT2D eigenvalue weighted by molar-refractivity contribution is 0.199. The van der Waals surface area contributed by atoms with Crippen LogP contribution in [0.15, 0.2) is 28.9 Å². The molecule has 0 spiro atoms. The first-order chi connectivity index (χ1) is 7.99. The Balaban J connectivity index is 2.46. The van der Waals surface area contributed by atoms with Crippen molar-refractivity contribution in [3.63, 3.8) is 0 Å². The number of benzene rings is 1. The molecule has 1 N–H and O–H groups in total. The summed E-state index contributed by atoms with van der Waals surface area (Å²) in [6.45, 7) is 3.59. The van der Waals surface area contributed by atoms with E-state index in [-0.39, 0.29) is 0 Å². The summed E-state index contributed by atoms with van der Waals surface area (Å²) >= 11 is 9.45. The fourth-order valence-corrected chi connectivity index (χ4v) is 2.24. The Morgan fingerprint density at radius 3 is 2.65 bits per heavy atom. The average Bonchev–Trinajstić information content (AvgIpc) is 2.58. The number of halogens is 2. The van der Waals surface area contributed by atoms with Crippen LogP contribution in [-0.4, -0.2) is 14.9 Å². The lowest BCUT2D eigenvalue weighted by atomic mass is 10.1. The minimum absolute atomic E-state index is 0.483. The molecule has 0 bridgehead atoms. The van der Waals surface area contributed by atoms with Gasteiger partial charge in [-0.3, -0.25) is 0 Å². The predicted molar refractivity (Wildman–Crippen MR) is 71.6 cm³/mol. The molecule has 1 heterocycles. The Morgan fingerprint density at radius 2 is 2.18 bits per heavy atom. The number of rotatable bonds is 2. The van der Waals surface area contributed by atoms with Crippen LogP contribution >= 0.6 is 27.5 Å². The molecule has 0 radical (unpaired) electrons. The summed E-state index contributed by atoms with van der Waals surface area (Å²) in [4.78, 5) is 0. The second-order valence-corrected chi connectivity index (χ2v) is 5.16. The van der Waals surface area contributed by atoms with Crippen molar-refractivity contribution in [2.45, 2.75) is 20.0 Å². The molecule has 1 aromatic carbocycles. The van der Waals surface area contributed by atoms with Gasteiger partial charge in [-0.15, -0.1) is 0 Å². The summed E-state index contributed by atoms with van der Waals surface area (Å²) in [5.74, 6) is 0. The van der Waals surface area contributed by atoms with E-state index < -0.39 is 6.10 Å². The molecule has 3 nitrogen and oxygen atoms in total. The van der Waals surface area contributed by atoms with E-state index in [0.717, 1.165) is 21.4 Å². The van der Waals surface area contributed by atoms with E-state index in [1.54, 1.807) is 17.8 Å². The number of aliphatic hydroxyl groups excluding tert-OH is 1. The topological polar surface area (TPSA) is 38.0 Å². The maximum Gasteiger partial charge on any atom is 0.0819 e. The third-order valence-electron chi connectivity index (χ3n) is 2.54. The van der Waals surface area contributed by atoms with Crippen LogP contribution < -0.4 is 0 Å². The van der Waals surface area contributed by atoms with Crippen LogP contribution in [-0.2, 0) is 0 Å². The maximum atomic E-state index is 9.49. The SMILES string of the molecule is Cc1nn(-c2ccc([C@H](C)O)cc2Br)cc1Cl. The monoisotopic (exact) mass is 314 g/mol.